The van der Waals surface area contributed by atoms with E-state index in [1.54, 1.807) is 6.07 Å². The molecule has 0 amide bonds. The lowest BCUT2D eigenvalue weighted by Crippen LogP contribution is -1.94. The van der Waals surface area contributed by atoms with E-state index in [4.69, 9.17) is 10.2 Å². The third-order valence-electron chi connectivity index (χ3n) is 2.02. The zero-order valence-electron chi connectivity index (χ0n) is 7.49. The van der Waals surface area contributed by atoms with Gasteiger partial charge in [-0.2, -0.15) is 0 Å². The van der Waals surface area contributed by atoms with Crippen LogP contribution < -0.4 is 11.5 Å². The highest BCUT2D eigenvalue weighted by Crippen LogP contribution is 2.15. The summed E-state index contributed by atoms with van der Waals surface area (Å²) in [5.74, 6) is -0.427. The van der Waals surface area contributed by atoms with Gasteiger partial charge in [0.15, 0.2) is 5.58 Å². The number of aromatic amines is 1. The zero-order valence-corrected chi connectivity index (χ0v) is 7.49. The number of rotatable bonds is 2. The first kappa shape index (κ1) is 8.62. The molecule has 2 rings (SSSR count). The number of nitrogens with one attached hydrogen (secondary N) is 1. The Morgan fingerprint density at radius 2 is 2.36 bits per heavy atom. The molecule has 0 unspecified atom stereocenters. The van der Waals surface area contributed by atoms with Crippen molar-refractivity contribution in [1.82, 2.24) is 4.98 Å². The molecule has 3 N–H and O–H groups in total. The molecule has 0 aliphatic heterocycles. The van der Waals surface area contributed by atoms with Gasteiger partial charge >= 0.3 is 5.76 Å². The Balaban J connectivity index is 2.58. The van der Waals surface area contributed by atoms with Gasteiger partial charge in [0, 0.05) is 0 Å². The van der Waals surface area contributed by atoms with E-state index in [0.29, 0.717) is 12.0 Å². The van der Waals surface area contributed by atoms with Crippen molar-refractivity contribution in [2.24, 2.45) is 5.73 Å². The molecule has 0 spiro atoms. The van der Waals surface area contributed by atoms with Gasteiger partial charge in [-0.05, 0) is 24.3 Å². The predicted octanol–water partition coefficient (Wildman–Crippen LogP) is 1.14. The maximum atomic E-state index is 10.9. The number of para-hydroxylation sites is 1. The van der Waals surface area contributed by atoms with Gasteiger partial charge in [-0.15, -0.1) is 0 Å². The standard InChI is InChI=1S/C10H10N2O2/c11-6-2-4-7-3-1-5-8-9(7)12-10(13)14-8/h1-3,5-6H,4,11H2,(H,12,13). The number of oxazole rings is 1. The number of nitrogens with two attached hydrogens (primary N) is 1. The topological polar surface area (TPSA) is 72.0 Å². The minimum atomic E-state index is -0.427. The first-order chi connectivity index (χ1) is 6.81. The highest BCUT2D eigenvalue weighted by Gasteiger charge is 2.03. The van der Waals surface area contributed by atoms with E-state index in [-0.39, 0.29) is 0 Å². The van der Waals surface area contributed by atoms with Gasteiger partial charge in [-0.25, -0.2) is 4.79 Å². The normalized spacial score (nSPS) is 11.4. The molecule has 4 nitrogen and oxygen atoms in total. The van der Waals surface area contributed by atoms with Crippen LogP contribution in [0.2, 0.25) is 0 Å². The summed E-state index contributed by atoms with van der Waals surface area (Å²) in [6.07, 6.45) is 3.99. The Kier molecular flexibility index (Phi) is 2.10. The highest BCUT2D eigenvalue weighted by molar-refractivity contribution is 5.76. The van der Waals surface area contributed by atoms with Gasteiger partial charge in [-0.1, -0.05) is 18.2 Å². The van der Waals surface area contributed by atoms with Gasteiger partial charge in [0.1, 0.15) is 0 Å². The first-order valence-corrected chi connectivity index (χ1v) is 4.28. The van der Waals surface area contributed by atoms with Gasteiger partial charge in [0.05, 0.1) is 5.52 Å². The molecule has 0 aliphatic rings. The summed E-state index contributed by atoms with van der Waals surface area (Å²) >= 11 is 0. The molecular weight excluding hydrogens is 180 g/mol. The number of hydrogen-bond acceptors (Lipinski definition) is 3. The fourth-order valence-electron chi connectivity index (χ4n) is 1.40. The van der Waals surface area contributed by atoms with Gasteiger partial charge in [0.25, 0.3) is 0 Å². The third-order valence-corrected chi connectivity index (χ3v) is 2.02. The van der Waals surface area contributed by atoms with Gasteiger partial charge in [0.2, 0.25) is 0 Å². The molecular formula is C10H10N2O2. The van der Waals surface area contributed by atoms with E-state index >= 15 is 0 Å². The average molecular weight is 190 g/mol. The SMILES string of the molecule is NC=CCc1cccc2oc(=O)[nH]c12. The zero-order chi connectivity index (χ0) is 9.97. The number of H-pyrrole nitrogens is 1. The molecule has 0 atom stereocenters. The Morgan fingerprint density at radius 3 is 3.14 bits per heavy atom. The smallest absolute Gasteiger partial charge is 0.408 e. The highest BCUT2D eigenvalue weighted by atomic mass is 16.4. The quantitative estimate of drug-likeness (QED) is 0.745. The van der Waals surface area contributed by atoms with Crippen LogP contribution in [-0.2, 0) is 6.42 Å². The number of benzene rings is 1. The lowest BCUT2D eigenvalue weighted by molar-refractivity contribution is 0.555. The molecule has 14 heavy (non-hydrogen) atoms. The summed E-state index contributed by atoms with van der Waals surface area (Å²) in [7, 11) is 0. The predicted molar refractivity (Wildman–Crippen MR) is 53.9 cm³/mol. The van der Waals surface area contributed by atoms with Crippen LogP contribution in [0.15, 0.2) is 39.7 Å². The number of hydrogen-bond donors (Lipinski definition) is 2. The van der Waals surface area contributed by atoms with Gasteiger partial charge in [-0.3, -0.25) is 4.98 Å². The van der Waals surface area contributed by atoms with Crippen LogP contribution in [-0.4, -0.2) is 4.98 Å². The van der Waals surface area contributed by atoms with E-state index < -0.39 is 5.76 Å². The molecule has 0 radical (unpaired) electrons. The summed E-state index contributed by atoms with van der Waals surface area (Å²) < 4.78 is 4.92. The summed E-state index contributed by atoms with van der Waals surface area (Å²) in [6, 6.07) is 5.52. The largest absolute Gasteiger partial charge is 0.417 e. The summed E-state index contributed by atoms with van der Waals surface area (Å²) in [5, 5.41) is 0. The van der Waals surface area contributed by atoms with Crippen molar-refractivity contribution in [2.45, 2.75) is 6.42 Å². The number of allylic oxidation sites excluding steroid dienone is 1. The van der Waals surface area contributed by atoms with Crippen molar-refractivity contribution in [3.63, 3.8) is 0 Å². The Labute approximate surface area is 80.0 Å². The molecule has 0 fully saturated rings. The summed E-state index contributed by atoms with van der Waals surface area (Å²) in [6.45, 7) is 0. The lowest BCUT2D eigenvalue weighted by atomic mass is 10.1. The molecule has 4 heteroatoms. The monoisotopic (exact) mass is 190 g/mol. The Hall–Kier alpha value is -1.97. The number of fused-ring (bicyclic) bond motifs is 1. The van der Waals surface area contributed by atoms with Crippen LogP contribution in [0, 0.1) is 0 Å². The maximum Gasteiger partial charge on any atom is 0.417 e. The van der Waals surface area contributed by atoms with E-state index in [2.05, 4.69) is 4.98 Å². The van der Waals surface area contributed by atoms with Crippen LogP contribution in [0.4, 0.5) is 0 Å². The third kappa shape index (κ3) is 1.42. The van der Waals surface area contributed by atoms with E-state index in [1.165, 1.54) is 6.20 Å². The second kappa shape index (κ2) is 3.41. The maximum absolute atomic E-state index is 10.9. The van der Waals surface area contributed by atoms with E-state index in [9.17, 15) is 4.79 Å². The van der Waals surface area contributed by atoms with E-state index in [0.717, 1.165) is 11.1 Å². The lowest BCUT2D eigenvalue weighted by Gasteiger charge is -1.96. The summed E-state index contributed by atoms with van der Waals surface area (Å²) in [4.78, 5) is 13.6. The van der Waals surface area contributed by atoms with Crippen molar-refractivity contribution < 1.29 is 4.42 Å². The molecule has 1 heterocycles. The molecule has 1 aromatic carbocycles. The van der Waals surface area contributed by atoms with E-state index in [1.807, 2.05) is 18.2 Å². The van der Waals surface area contributed by atoms with Crippen LogP contribution >= 0.6 is 0 Å². The van der Waals surface area contributed by atoms with Crippen molar-refractivity contribution in [3.05, 3.63) is 46.6 Å². The van der Waals surface area contributed by atoms with Crippen LogP contribution in [0.1, 0.15) is 5.56 Å². The molecule has 0 saturated carbocycles. The molecule has 0 saturated heterocycles. The molecule has 0 bridgehead atoms. The molecule has 1 aromatic heterocycles. The second-order valence-corrected chi connectivity index (χ2v) is 2.94. The molecule has 72 valence electrons. The van der Waals surface area contributed by atoms with Crippen LogP contribution in [0.5, 0.6) is 0 Å². The molecule has 2 aromatic rings. The van der Waals surface area contributed by atoms with Crippen molar-refractivity contribution in [3.8, 4) is 0 Å². The Morgan fingerprint density at radius 1 is 1.50 bits per heavy atom. The van der Waals surface area contributed by atoms with Crippen molar-refractivity contribution in [1.29, 1.82) is 0 Å². The van der Waals surface area contributed by atoms with Gasteiger partial charge < -0.3 is 10.2 Å². The fraction of sp³-hybridized carbons (Fsp3) is 0.100. The summed E-state index contributed by atoms with van der Waals surface area (Å²) in [5.41, 5.74) is 7.57. The minimum absolute atomic E-state index is 0.427. The Bertz CT molecular complexity index is 522. The first-order valence-electron chi connectivity index (χ1n) is 4.28. The number of aromatic nitrogens is 1. The van der Waals surface area contributed by atoms with Crippen LogP contribution in [0.3, 0.4) is 0 Å². The van der Waals surface area contributed by atoms with Crippen molar-refractivity contribution >= 4 is 11.1 Å². The van der Waals surface area contributed by atoms with Crippen molar-refractivity contribution in [2.75, 3.05) is 0 Å². The minimum Gasteiger partial charge on any atom is -0.408 e. The average Bonchev–Trinajstić information content (AvgIpc) is 2.55. The van der Waals surface area contributed by atoms with Crippen LogP contribution in [0.25, 0.3) is 11.1 Å². The second-order valence-electron chi connectivity index (χ2n) is 2.94. The molecule has 0 aliphatic carbocycles. The fourth-order valence-corrected chi connectivity index (χ4v) is 1.40.